The maximum Gasteiger partial charge on any atom is 0.259 e. The number of amides is 1. The van der Waals surface area contributed by atoms with Crippen molar-refractivity contribution in [1.82, 2.24) is 4.98 Å². The summed E-state index contributed by atoms with van der Waals surface area (Å²) in [5.74, 6) is 5.10. The summed E-state index contributed by atoms with van der Waals surface area (Å²) in [4.78, 5) is 16.2. The third-order valence-electron chi connectivity index (χ3n) is 3.03. The van der Waals surface area contributed by atoms with Gasteiger partial charge in [-0.3, -0.25) is 15.6 Å². The molecule has 0 aliphatic rings. The first kappa shape index (κ1) is 15.0. The van der Waals surface area contributed by atoms with Gasteiger partial charge in [0, 0.05) is 24.7 Å². The lowest BCUT2D eigenvalue weighted by Crippen LogP contribution is -2.17. The van der Waals surface area contributed by atoms with Crippen molar-refractivity contribution < 1.29 is 9.90 Å². The van der Waals surface area contributed by atoms with Crippen molar-refractivity contribution in [3.8, 4) is 0 Å². The molecule has 110 valence electrons. The molecule has 0 aliphatic carbocycles. The highest BCUT2D eigenvalue weighted by Gasteiger charge is 2.11. The van der Waals surface area contributed by atoms with Gasteiger partial charge in [0.1, 0.15) is 0 Å². The molecular weight excluding hydrogens is 268 g/mol. The van der Waals surface area contributed by atoms with Crippen LogP contribution in [0.3, 0.4) is 0 Å². The van der Waals surface area contributed by atoms with Crippen LogP contribution < -0.4 is 16.6 Å². The van der Waals surface area contributed by atoms with Crippen LogP contribution in [0.2, 0.25) is 0 Å². The number of aromatic nitrogens is 1. The Bertz CT molecular complexity index is 616. The molecule has 0 unspecified atom stereocenters. The Kier molecular flexibility index (Phi) is 5.25. The number of nitrogens with two attached hydrogens (primary N) is 1. The van der Waals surface area contributed by atoms with Gasteiger partial charge in [0.05, 0.1) is 11.3 Å². The predicted molar refractivity (Wildman–Crippen MR) is 81.8 cm³/mol. The number of nitrogen functional groups attached to an aromatic ring is 1. The number of aliphatic hydroxyl groups is 1. The quantitative estimate of drug-likeness (QED) is 0.477. The Balaban J connectivity index is 2.12. The van der Waals surface area contributed by atoms with Crippen LogP contribution in [0.4, 0.5) is 11.4 Å². The van der Waals surface area contributed by atoms with E-state index in [4.69, 9.17) is 10.9 Å². The molecular formula is C15H18N4O2. The standard InChI is InChI=1S/C15H18N4O2/c16-19-14-6-7-17-10-13(14)15(21)18-12-5-1-3-11(9-12)4-2-8-20/h1,3,5-7,9-10,20H,2,4,8,16H2,(H,17,19)(H,18,21). The van der Waals surface area contributed by atoms with E-state index in [-0.39, 0.29) is 12.5 Å². The Labute approximate surface area is 123 Å². The van der Waals surface area contributed by atoms with E-state index < -0.39 is 0 Å². The minimum Gasteiger partial charge on any atom is -0.396 e. The molecule has 0 saturated carbocycles. The topological polar surface area (TPSA) is 100 Å². The van der Waals surface area contributed by atoms with Crippen molar-refractivity contribution >= 4 is 17.3 Å². The Morgan fingerprint density at radius 2 is 2.19 bits per heavy atom. The van der Waals surface area contributed by atoms with E-state index >= 15 is 0 Å². The van der Waals surface area contributed by atoms with Crippen LogP contribution in [-0.2, 0) is 6.42 Å². The molecule has 2 rings (SSSR count). The van der Waals surface area contributed by atoms with Gasteiger partial charge in [-0.2, -0.15) is 0 Å². The number of hydrazine groups is 1. The maximum atomic E-state index is 12.2. The normalized spacial score (nSPS) is 10.2. The van der Waals surface area contributed by atoms with Crippen molar-refractivity contribution in [3.05, 3.63) is 53.9 Å². The number of pyridine rings is 1. The van der Waals surface area contributed by atoms with Gasteiger partial charge in [-0.15, -0.1) is 0 Å². The molecule has 6 nitrogen and oxygen atoms in total. The first-order valence-electron chi connectivity index (χ1n) is 6.66. The van der Waals surface area contributed by atoms with Gasteiger partial charge in [0.25, 0.3) is 5.91 Å². The number of aryl methyl sites for hydroxylation is 1. The molecule has 1 amide bonds. The average molecular weight is 286 g/mol. The molecule has 0 fully saturated rings. The third kappa shape index (κ3) is 4.01. The zero-order valence-electron chi connectivity index (χ0n) is 11.5. The summed E-state index contributed by atoms with van der Waals surface area (Å²) >= 11 is 0. The molecule has 6 heteroatoms. The zero-order chi connectivity index (χ0) is 15.1. The van der Waals surface area contributed by atoms with Crippen molar-refractivity contribution in [2.45, 2.75) is 12.8 Å². The molecule has 0 bridgehead atoms. The summed E-state index contributed by atoms with van der Waals surface area (Å²) in [5, 5.41) is 11.7. The number of anilines is 2. The van der Waals surface area contributed by atoms with E-state index in [0.29, 0.717) is 23.4 Å². The van der Waals surface area contributed by atoms with Gasteiger partial charge in [-0.05, 0) is 36.6 Å². The van der Waals surface area contributed by atoms with Crippen LogP contribution >= 0.6 is 0 Å². The fourth-order valence-electron chi connectivity index (χ4n) is 1.99. The van der Waals surface area contributed by atoms with Crippen LogP contribution in [-0.4, -0.2) is 22.6 Å². The molecule has 1 aromatic heterocycles. The second kappa shape index (κ2) is 7.37. The number of benzene rings is 1. The second-order valence-electron chi connectivity index (χ2n) is 4.55. The second-order valence-corrected chi connectivity index (χ2v) is 4.55. The molecule has 0 aliphatic heterocycles. The number of rotatable bonds is 6. The fraction of sp³-hybridized carbons (Fsp3) is 0.200. The SMILES string of the molecule is NNc1ccncc1C(=O)Nc1cccc(CCCO)c1. The molecule has 0 radical (unpaired) electrons. The lowest BCUT2D eigenvalue weighted by atomic mass is 10.1. The van der Waals surface area contributed by atoms with E-state index in [1.165, 1.54) is 6.20 Å². The number of carbonyl (C=O) groups is 1. The van der Waals surface area contributed by atoms with Gasteiger partial charge >= 0.3 is 0 Å². The Hall–Kier alpha value is -2.44. The summed E-state index contributed by atoms with van der Waals surface area (Å²) in [7, 11) is 0. The van der Waals surface area contributed by atoms with Crippen LogP contribution in [0.15, 0.2) is 42.7 Å². The number of nitrogens with one attached hydrogen (secondary N) is 2. The molecule has 0 atom stereocenters. The van der Waals surface area contributed by atoms with Gasteiger partial charge in [0.15, 0.2) is 0 Å². The highest BCUT2D eigenvalue weighted by molar-refractivity contribution is 6.07. The van der Waals surface area contributed by atoms with Gasteiger partial charge in [0.2, 0.25) is 0 Å². The number of hydrogen-bond donors (Lipinski definition) is 4. The Morgan fingerprint density at radius 3 is 2.95 bits per heavy atom. The third-order valence-corrected chi connectivity index (χ3v) is 3.03. The number of aliphatic hydroxyl groups excluding tert-OH is 1. The van der Waals surface area contributed by atoms with Crippen LogP contribution in [0.1, 0.15) is 22.3 Å². The maximum absolute atomic E-state index is 12.2. The van der Waals surface area contributed by atoms with Crippen molar-refractivity contribution in [2.75, 3.05) is 17.3 Å². The summed E-state index contributed by atoms with van der Waals surface area (Å²) in [5.41, 5.74) is 5.12. The minimum atomic E-state index is -0.282. The highest BCUT2D eigenvalue weighted by Crippen LogP contribution is 2.16. The minimum absolute atomic E-state index is 0.151. The van der Waals surface area contributed by atoms with Crippen molar-refractivity contribution in [2.24, 2.45) is 5.84 Å². The largest absolute Gasteiger partial charge is 0.396 e. The molecule has 0 spiro atoms. The smallest absolute Gasteiger partial charge is 0.259 e. The molecule has 1 heterocycles. The number of nitrogens with zero attached hydrogens (tertiary/aromatic N) is 1. The Morgan fingerprint density at radius 1 is 1.33 bits per heavy atom. The van der Waals surface area contributed by atoms with Crippen molar-refractivity contribution in [3.63, 3.8) is 0 Å². The van der Waals surface area contributed by atoms with E-state index in [1.54, 1.807) is 12.3 Å². The summed E-state index contributed by atoms with van der Waals surface area (Å²) in [6.07, 6.45) is 4.48. The summed E-state index contributed by atoms with van der Waals surface area (Å²) in [6, 6.07) is 9.16. The van der Waals surface area contributed by atoms with E-state index in [1.807, 2.05) is 24.3 Å². The highest BCUT2D eigenvalue weighted by atomic mass is 16.2. The molecule has 0 saturated heterocycles. The predicted octanol–water partition coefficient (Wildman–Crippen LogP) is 1.54. The van der Waals surface area contributed by atoms with Gasteiger partial charge < -0.3 is 15.8 Å². The van der Waals surface area contributed by atoms with E-state index in [2.05, 4.69) is 15.7 Å². The number of hydrogen-bond acceptors (Lipinski definition) is 5. The lowest BCUT2D eigenvalue weighted by Gasteiger charge is -2.10. The monoisotopic (exact) mass is 286 g/mol. The molecule has 2 aromatic rings. The van der Waals surface area contributed by atoms with Gasteiger partial charge in [-0.1, -0.05) is 12.1 Å². The summed E-state index contributed by atoms with van der Waals surface area (Å²) < 4.78 is 0. The van der Waals surface area contributed by atoms with Crippen LogP contribution in [0.25, 0.3) is 0 Å². The first-order valence-corrected chi connectivity index (χ1v) is 6.66. The van der Waals surface area contributed by atoms with Crippen LogP contribution in [0, 0.1) is 0 Å². The fourth-order valence-corrected chi connectivity index (χ4v) is 1.99. The van der Waals surface area contributed by atoms with Crippen LogP contribution in [0.5, 0.6) is 0 Å². The van der Waals surface area contributed by atoms with E-state index in [9.17, 15) is 4.79 Å². The van der Waals surface area contributed by atoms with Crippen molar-refractivity contribution in [1.29, 1.82) is 0 Å². The number of carbonyl (C=O) groups excluding carboxylic acids is 1. The van der Waals surface area contributed by atoms with E-state index in [0.717, 1.165) is 12.0 Å². The molecule has 21 heavy (non-hydrogen) atoms. The first-order chi connectivity index (χ1) is 10.2. The van der Waals surface area contributed by atoms with Gasteiger partial charge in [-0.25, -0.2) is 0 Å². The zero-order valence-corrected chi connectivity index (χ0v) is 11.5. The molecule has 5 N–H and O–H groups in total. The average Bonchev–Trinajstić information content (AvgIpc) is 2.53. The molecule has 1 aromatic carbocycles. The lowest BCUT2D eigenvalue weighted by molar-refractivity contribution is 0.102. The summed E-state index contributed by atoms with van der Waals surface area (Å²) in [6.45, 7) is 0.151.